The Hall–Kier alpha value is -0.0800. The molecule has 0 amide bonds. The molecule has 1 saturated heterocycles. The minimum Gasteiger partial charge on any atom is -0.308 e. The molecule has 0 spiro atoms. The molecule has 1 N–H and O–H groups in total. The third kappa shape index (κ3) is 3.76. The van der Waals surface area contributed by atoms with Gasteiger partial charge < -0.3 is 5.32 Å². The van der Waals surface area contributed by atoms with Gasteiger partial charge in [-0.1, -0.05) is 47.0 Å². The molecule has 1 atom stereocenters. The number of nitrogens with one attached hydrogen (secondary N) is 1. The van der Waals surface area contributed by atoms with Gasteiger partial charge in [0.15, 0.2) is 0 Å². The van der Waals surface area contributed by atoms with Crippen LogP contribution in [-0.2, 0) is 0 Å². The van der Waals surface area contributed by atoms with Crippen LogP contribution in [-0.4, -0.2) is 36.1 Å². The molecule has 1 unspecified atom stereocenters. The van der Waals surface area contributed by atoms with Crippen LogP contribution in [0.4, 0.5) is 0 Å². The van der Waals surface area contributed by atoms with Gasteiger partial charge in [0.1, 0.15) is 0 Å². The maximum atomic E-state index is 3.94. The zero-order chi connectivity index (χ0) is 14.6. The van der Waals surface area contributed by atoms with Crippen LogP contribution >= 0.6 is 0 Å². The average molecular weight is 280 g/mol. The molecule has 20 heavy (non-hydrogen) atoms. The van der Waals surface area contributed by atoms with Crippen molar-refractivity contribution in [2.24, 2.45) is 11.8 Å². The Labute approximate surface area is 126 Å². The first-order valence-corrected chi connectivity index (χ1v) is 9.09. The molecule has 0 radical (unpaired) electrons. The first-order chi connectivity index (χ1) is 9.60. The molecule has 2 fully saturated rings. The second-order valence-corrected chi connectivity index (χ2v) is 7.66. The average Bonchev–Trinajstić information content (AvgIpc) is 2.47. The van der Waals surface area contributed by atoms with Crippen molar-refractivity contribution < 1.29 is 0 Å². The Morgan fingerprint density at radius 2 is 1.75 bits per heavy atom. The van der Waals surface area contributed by atoms with Crippen molar-refractivity contribution in [2.45, 2.75) is 84.2 Å². The van der Waals surface area contributed by atoms with Crippen molar-refractivity contribution in [3.8, 4) is 0 Å². The van der Waals surface area contributed by atoms with E-state index in [1.165, 1.54) is 64.6 Å². The van der Waals surface area contributed by atoms with Gasteiger partial charge in [0.2, 0.25) is 0 Å². The predicted molar refractivity (Wildman–Crippen MR) is 88.1 cm³/mol. The Morgan fingerprint density at radius 3 is 2.30 bits per heavy atom. The standard InChI is InChI=1S/C18H36N2/c1-5-18(6-2)14-20(13-15(3)4)17(12-19-18)16-10-8-7-9-11-16/h15-17,19H,5-14H2,1-4H3. The van der Waals surface area contributed by atoms with Crippen LogP contribution in [0, 0.1) is 11.8 Å². The molecule has 2 nitrogen and oxygen atoms in total. The van der Waals surface area contributed by atoms with Gasteiger partial charge >= 0.3 is 0 Å². The van der Waals surface area contributed by atoms with Gasteiger partial charge in [-0.3, -0.25) is 4.90 Å². The number of rotatable bonds is 5. The van der Waals surface area contributed by atoms with Crippen molar-refractivity contribution in [3.63, 3.8) is 0 Å². The fourth-order valence-corrected chi connectivity index (χ4v) is 4.39. The van der Waals surface area contributed by atoms with Gasteiger partial charge in [-0.2, -0.15) is 0 Å². The minimum absolute atomic E-state index is 0.375. The molecule has 118 valence electrons. The van der Waals surface area contributed by atoms with E-state index in [0.717, 1.165) is 17.9 Å². The van der Waals surface area contributed by atoms with Crippen LogP contribution < -0.4 is 5.32 Å². The van der Waals surface area contributed by atoms with Crippen LogP contribution in [0.3, 0.4) is 0 Å². The van der Waals surface area contributed by atoms with E-state index in [4.69, 9.17) is 0 Å². The van der Waals surface area contributed by atoms with E-state index in [2.05, 4.69) is 37.9 Å². The zero-order valence-corrected chi connectivity index (χ0v) is 14.3. The van der Waals surface area contributed by atoms with Crippen molar-refractivity contribution in [2.75, 3.05) is 19.6 Å². The molecule has 1 saturated carbocycles. The highest BCUT2D eigenvalue weighted by Crippen LogP contribution is 2.33. The SMILES string of the molecule is CCC1(CC)CN(CC(C)C)C(C2CCCCC2)CN1. The molecule has 0 bridgehead atoms. The van der Waals surface area contributed by atoms with E-state index < -0.39 is 0 Å². The molecule has 0 aromatic heterocycles. The molecular formula is C18H36N2. The Bertz CT molecular complexity index is 277. The van der Waals surface area contributed by atoms with Crippen molar-refractivity contribution in [3.05, 3.63) is 0 Å². The lowest BCUT2D eigenvalue weighted by Gasteiger charge is -2.51. The lowest BCUT2D eigenvalue weighted by molar-refractivity contribution is 0.0248. The fraction of sp³-hybridized carbons (Fsp3) is 1.00. The molecule has 2 heteroatoms. The highest BCUT2D eigenvalue weighted by Gasteiger charge is 2.39. The summed E-state index contributed by atoms with van der Waals surface area (Å²) in [5.41, 5.74) is 0.375. The molecule has 2 rings (SSSR count). The number of hydrogen-bond donors (Lipinski definition) is 1. The van der Waals surface area contributed by atoms with Gasteiger partial charge in [0.25, 0.3) is 0 Å². The quantitative estimate of drug-likeness (QED) is 0.817. The lowest BCUT2D eigenvalue weighted by atomic mass is 9.79. The van der Waals surface area contributed by atoms with Crippen LogP contribution in [0.15, 0.2) is 0 Å². The van der Waals surface area contributed by atoms with Crippen molar-refractivity contribution in [1.29, 1.82) is 0 Å². The summed E-state index contributed by atoms with van der Waals surface area (Å²) in [4.78, 5) is 2.85. The fourth-order valence-electron chi connectivity index (χ4n) is 4.39. The van der Waals surface area contributed by atoms with Crippen LogP contribution in [0.1, 0.15) is 72.6 Å². The molecule has 0 aromatic carbocycles. The summed E-state index contributed by atoms with van der Waals surface area (Å²) >= 11 is 0. The summed E-state index contributed by atoms with van der Waals surface area (Å²) < 4.78 is 0. The Kier molecular flexibility index (Phi) is 5.92. The highest BCUT2D eigenvalue weighted by atomic mass is 15.3. The smallest absolute Gasteiger partial charge is 0.0304 e. The number of nitrogens with zero attached hydrogens (tertiary/aromatic N) is 1. The van der Waals surface area contributed by atoms with Crippen LogP contribution in [0.5, 0.6) is 0 Å². The van der Waals surface area contributed by atoms with E-state index in [-0.39, 0.29) is 0 Å². The Morgan fingerprint density at radius 1 is 1.10 bits per heavy atom. The molecular weight excluding hydrogens is 244 g/mol. The summed E-state index contributed by atoms with van der Waals surface area (Å²) in [6.45, 7) is 13.2. The third-order valence-corrected chi connectivity index (χ3v) is 5.81. The highest BCUT2D eigenvalue weighted by molar-refractivity contribution is 4.99. The summed E-state index contributed by atoms with van der Waals surface area (Å²) in [6, 6.07) is 0.795. The summed E-state index contributed by atoms with van der Waals surface area (Å²) in [5.74, 6) is 1.73. The minimum atomic E-state index is 0.375. The van der Waals surface area contributed by atoms with Gasteiger partial charge in [0.05, 0.1) is 0 Å². The molecule has 1 heterocycles. The second-order valence-electron chi connectivity index (χ2n) is 7.66. The van der Waals surface area contributed by atoms with Gasteiger partial charge in [-0.05, 0) is 37.5 Å². The predicted octanol–water partition coefficient (Wildman–Crippen LogP) is 4.06. The van der Waals surface area contributed by atoms with E-state index in [1.807, 2.05) is 0 Å². The topological polar surface area (TPSA) is 15.3 Å². The van der Waals surface area contributed by atoms with Crippen LogP contribution in [0.25, 0.3) is 0 Å². The first-order valence-electron chi connectivity index (χ1n) is 9.09. The largest absolute Gasteiger partial charge is 0.308 e. The summed E-state index contributed by atoms with van der Waals surface area (Å²) in [6.07, 6.45) is 9.84. The molecule has 1 aliphatic heterocycles. The van der Waals surface area contributed by atoms with Crippen LogP contribution in [0.2, 0.25) is 0 Å². The lowest BCUT2D eigenvalue weighted by Crippen LogP contribution is -2.65. The van der Waals surface area contributed by atoms with E-state index in [1.54, 1.807) is 0 Å². The Balaban J connectivity index is 2.06. The second kappa shape index (κ2) is 7.26. The molecule has 1 aliphatic carbocycles. The normalized spacial score (nSPS) is 28.9. The summed E-state index contributed by atoms with van der Waals surface area (Å²) in [5, 5.41) is 3.94. The summed E-state index contributed by atoms with van der Waals surface area (Å²) in [7, 11) is 0. The monoisotopic (exact) mass is 280 g/mol. The molecule has 0 aromatic rings. The molecule has 2 aliphatic rings. The van der Waals surface area contributed by atoms with Gasteiger partial charge in [-0.15, -0.1) is 0 Å². The maximum Gasteiger partial charge on any atom is 0.0304 e. The van der Waals surface area contributed by atoms with Gasteiger partial charge in [-0.25, -0.2) is 0 Å². The third-order valence-electron chi connectivity index (χ3n) is 5.81. The van der Waals surface area contributed by atoms with Crippen molar-refractivity contribution in [1.82, 2.24) is 10.2 Å². The number of piperazine rings is 1. The number of hydrogen-bond acceptors (Lipinski definition) is 2. The maximum absolute atomic E-state index is 3.94. The van der Waals surface area contributed by atoms with Crippen molar-refractivity contribution >= 4 is 0 Å². The van der Waals surface area contributed by atoms with E-state index in [9.17, 15) is 0 Å². The first kappa shape index (κ1) is 16.3. The zero-order valence-electron chi connectivity index (χ0n) is 14.3. The van der Waals surface area contributed by atoms with Gasteiger partial charge in [0, 0.05) is 31.2 Å². The van der Waals surface area contributed by atoms with E-state index >= 15 is 0 Å². The van der Waals surface area contributed by atoms with E-state index in [0.29, 0.717) is 5.54 Å².